The van der Waals surface area contributed by atoms with Gasteiger partial charge in [0.1, 0.15) is 0 Å². The summed E-state index contributed by atoms with van der Waals surface area (Å²) in [5.74, 6) is -1.57. The van der Waals surface area contributed by atoms with Crippen LogP contribution in [0.5, 0.6) is 0 Å². The Morgan fingerprint density at radius 1 is 0.824 bits per heavy atom. The molecule has 6 heteroatoms. The number of alkyl halides is 6. The van der Waals surface area contributed by atoms with Crippen LogP contribution in [0.2, 0.25) is 0 Å². The van der Waals surface area contributed by atoms with Crippen molar-refractivity contribution in [2.75, 3.05) is 0 Å². The van der Waals surface area contributed by atoms with E-state index in [1.165, 1.54) is 76.3 Å². The summed E-state index contributed by atoms with van der Waals surface area (Å²) in [5, 5.41) is 0. The number of hydrogen-bond donors (Lipinski definition) is 0. The third-order valence-corrected chi connectivity index (χ3v) is 8.05. The molecule has 0 spiro atoms. The van der Waals surface area contributed by atoms with Crippen molar-refractivity contribution in [1.82, 2.24) is 0 Å². The first-order valence-corrected chi connectivity index (χ1v) is 13.0. The van der Waals surface area contributed by atoms with Crippen molar-refractivity contribution < 1.29 is 26.3 Å². The van der Waals surface area contributed by atoms with Crippen molar-refractivity contribution in [3.63, 3.8) is 0 Å². The summed E-state index contributed by atoms with van der Waals surface area (Å²) in [7, 11) is 0. The standard InChI is InChI=1S/C28H38F6/c1-2-3-4-5-20-8-14-23(15-9-20)24-16-10-21(11-17-24)6-7-22-12-18-25(19-13-22)27(30,31)26(29)28(32,33)34/h6-7,12-13,18-21,23-24,26H,2-5,8-11,14-17H2,1H3. The molecule has 3 rings (SSSR count). The van der Waals surface area contributed by atoms with Crippen LogP contribution in [0.4, 0.5) is 26.3 Å². The molecule has 0 aromatic heterocycles. The largest absolute Gasteiger partial charge is 0.426 e. The molecule has 192 valence electrons. The van der Waals surface area contributed by atoms with Crippen LogP contribution in [0.25, 0.3) is 6.08 Å². The van der Waals surface area contributed by atoms with E-state index in [-0.39, 0.29) is 0 Å². The Labute approximate surface area is 200 Å². The lowest BCUT2D eigenvalue weighted by atomic mass is 9.68. The van der Waals surface area contributed by atoms with Crippen molar-refractivity contribution in [3.8, 4) is 0 Å². The Hall–Kier alpha value is -1.46. The zero-order valence-corrected chi connectivity index (χ0v) is 20.1. The molecule has 0 saturated heterocycles. The molecule has 0 aliphatic heterocycles. The normalized spacial score (nSPS) is 27.7. The molecule has 2 aliphatic carbocycles. The summed E-state index contributed by atoms with van der Waals surface area (Å²) in [6, 6.07) is 4.42. The predicted octanol–water partition coefficient (Wildman–Crippen LogP) is 9.89. The number of allylic oxidation sites excluding steroid dienone is 1. The van der Waals surface area contributed by atoms with Crippen LogP contribution >= 0.6 is 0 Å². The van der Waals surface area contributed by atoms with Crippen molar-refractivity contribution in [1.29, 1.82) is 0 Å². The molecular formula is C28H38F6. The summed E-state index contributed by atoms with van der Waals surface area (Å²) in [6.07, 6.45) is 9.69. The molecule has 1 aromatic carbocycles. The highest BCUT2D eigenvalue weighted by Gasteiger charge is 2.57. The van der Waals surface area contributed by atoms with E-state index >= 15 is 0 Å². The minimum absolute atomic E-state index is 0.434. The smallest absolute Gasteiger partial charge is 0.230 e. The summed E-state index contributed by atoms with van der Waals surface area (Å²) < 4.78 is 78.0. The average Bonchev–Trinajstić information content (AvgIpc) is 2.83. The van der Waals surface area contributed by atoms with Gasteiger partial charge in [0.25, 0.3) is 6.17 Å². The number of hydrogen-bond acceptors (Lipinski definition) is 0. The monoisotopic (exact) mass is 488 g/mol. The van der Waals surface area contributed by atoms with Gasteiger partial charge in [-0.05, 0) is 67.8 Å². The van der Waals surface area contributed by atoms with Crippen LogP contribution in [-0.4, -0.2) is 12.3 Å². The van der Waals surface area contributed by atoms with Gasteiger partial charge in [-0.3, -0.25) is 0 Å². The van der Waals surface area contributed by atoms with Crippen LogP contribution in [0, 0.1) is 23.7 Å². The Bertz CT molecular complexity index is 750. The first-order chi connectivity index (χ1) is 16.1. The first kappa shape index (κ1) is 27.1. The molecule has 0 heterocycles. The van der Waals surface area contributed by atoms with Gasteiger partial charge in [0.05, 0.1) is 0 Å². The highest BCUT2D eigenvalue weighted by molar-refractivity contribution is 5.50. The highest BCUT2D eigenvalue weighted by atomic mass is 19.4. The fourth-order valence-electron chi connectivity index (χ4n) is 5.86. The summed E-state index contributed by atoms with van der Waals surface area (Å²) in [4.78, 5) is 0. The van der Waals surface area contributed by atoms with Crippen LogP contribution in [-0.2, 0) is 5.92 Å². The SMILES string of the molecule is CCCCCC1CCC(C2CCC(C=Cc3ccc(C(F)(F)C(F)C(F)(F)F)cc3)CC2)CC1. The fourth-order valence-corrected chi connectivity index (χ4v) is 5.86. The Kier molecular flexibility index (Phi) is 9.57. The Morgan fingerprint density at radius 3 is 1.91 bits per heavy atom. The molecule has 0 radical (unpaired) electrons. The second kappa shape index (κ2) is 12.0. The fraction of sp³-hybridized carbons (Fsp3) is 0.714. The van der Waals surface area contributed by atoms with Gasteiger partial charge in [-0.1, -0.05) is 81.9 Å². The van der Waals surface area contributed by atoms with Crippen molar-refractivity contribution in [3.05, 3.63) is 41.5 Å². The third kappa shape index (κ3) is 7.27. The van der Waals surface area contributed by atoms with E-state index < -0.39 is 23.8 Å². The molecule has 34 heavy (non-hydrogen) atoms. The second-order valence-electron chi connectivity index (χ2n) is 10.5. The van der Waals surface area contributed by atoms with Crippen molar-refractivity contribution in [2.45, 2.75) is 102 Å². The summed E-state index contributed by atoms with van der Waals surface area (Å²) in [5.41, 5.74) is -0.333. The molecule has 0 nitrogen and oxygen atoms in total. The first-order valence-electron chi connectivity index (χ1n) is 13.0. The number of benzene rings is 1. The van der Waals surface area contributed by atoms with E-state index in [1.54, 1.807) is 0 Å². The summed E-state index contributed by atoms with van der Waals surface area (Å²) in [6.45, 7) is 2.25. The maximum absolute atomic E-state index is 13.8. The molecule has 0 amide bonds. The van der Waals surface area contributed by atoms with Gasteiger partial charge in [-0.2, -0.15) is 22.0 Å². The lowest BCUT2D eigenvalue weighted by molar-refractivity contribution is -0.248. The molecule has 1 unspecified atom stereocenters. The van der Waals surface area contributed by atoms with E-state index in [2.05, 4.69) is 13.0 Å². The molecule has 2 fully saturated rings. The maximum atomic E-state index is 13.8. The number of rotatable bonds is 9. The molecule has 2 aliphatic rings. The van der Waals surface area contributed by atoms with Gasteiger partial charge in [0, 0.05) is 5.56 Å². The van der Waals surface area contributed by atoms with Gasteiger partial charge < -0.3 is 0 Å². The van der Waals surface area contributed by atoms with Crippen LogP contribution in [0.3, 0.4) is 0 Å². The van der Waals surface area contributed by atoms with Gasteiger partial charge in [0.2, 0.25) is 0 Å². The Morgan fingerprint density at radius 2 is 1.38 bits per heavy atom. The molecule has 2 saturated carbocycles. The highest BCUT2D eigenvalue weighted by Crippen LogP contribution is 2.43. The van der Waals surface area contributed by atoms with Gasteiger partial charge in [0.15, 0.2) is 0 Å². The van der Waals surface area contributed by atoms with E-state index in [0.29, 0.717) is 11.5 Å². The second-order valence-corrected chi connectivity index (χ2v) is 10.5. The van der Waals surface area contributed by atoms with Gasteiger partial charge in [-0.15, -0.1) is 0 Å². The zero-order valence-electron chi connectivity index (χ0n) is 20.1. The quantitative estimate of drug-likeness (QED) is 0.240. The van der Waals surface area contributed by atoms with E-state index in [4.69, 9.17) is 0 Å². The lowest BCUT2D eigenvalue weighted by Crippen LogP contribution is -2.39. The molecule has 1 atom stereocenters. The predicted molar refractivity (Wildman–Crippen MR) is 125 cm³/mol. The van der Waals surface area contributed by atoms with Crippen molar-refractivity contribution >= 4 is 6.08 Å². The van der Waals surface area contributed by atoms with Gasteiger partial charge in [-0.25, -0.2) is 4.39 Å². The van der Waals surface area contributed by atoms with E-state index in [0.717, 1.165) is 42.7 Å². The Balaban J connectivity index is 1.44. The number of halogens is 6. The van der Waals surface area contributed by atoms with Crippen LogP contribution in [0.1, 0.15) is 95.1 Å². The minimum atomic E-state index is -5.60. The van der Waals surface area contributed by atoms with E-state index in [9.17, 15) is 26.3 Å². The molecule has 0 bridgehead atoms. The topological polar surface area (TPSA) is 0 Å². The minimum Gasteiger partial charge on any atom is -0.230 e. The molecule has 0 N–H and O–H groups in total. The average molecular weight is 489 g/mol. The van der Waals surface area contributed by atoms with Crippen LogP contribution in [0.15, 0.2) is 30.3 Å². The van der Waals surface area contributed by atoms with Gasteiger partial charge >= 0.3 is 12.1 Å². The van der Waals surface area contributed by atoms with Crippen molar-refractivity contribution in [2.24, 2.45) is 23.7 Å². The molecule has 1 aromatic rings. The third-order valence-electron chi connectivity index (χ3n) is 8.05. The molecular weight excluding hydrogens is 450 g/mol. The zero-order chi connectivity index (χ0) is 24.8. The number of unbranched alkanes of at least 4 members (excludes halogenated alkanes) is 2. The van der Waals surface area contributed by atoms with E-state index in [1.807, 2.05) is 6.08 Å². The summed E-state index contributed by atoms with van der Waals surface area (Å²) >= 11 is 0. The lowest BCUT2D eigenvalue weighted by Gasteiger charge is -2.37. The van der Waals surface area contributed by atoms with Crippen LogP contribution < -0.4 is 0 Å². The maximum Gasteiger partial charge on any atom is 0.426 e.